The van der Waals surface area contributed by atoms with Crippen LogP contribution in [0.15, 0.2) is 6.20 Å². The lowest BCUT2D eigenvalue weighted by molar-refractivity contribution is 0.602. The molecule has 1 aromatic rings. The fourth-order valence-corrected chi connectivity index (χ4v) is 2.21. The molecular weight excluding hydrogens is 186 g/mol. The average Bonchev–Trinajstić information content (AvgIpc) is 2.58. The maximum Gasteiger partial charge on any atom is 0.147 e. The highest BCUT2D eigenvalue weighted by Gasteiger charge is 2.21. The number of aryl methyl sites for hydroxylation is 2. The van der Waals surface area contributed by atoms with Gasteiger partial charge in [-0.15, -0.1) is 0 Å². The van der Waals surface area contributed by atoms with Crippen LogP contribution in [0.4, 0.5) is 5.82 Å². The molecule has 15 heavy (non-hydrogen) atoms. The van der Waals surface area contributed by atoms with Crippen molar-refractivity contribution in [3.8, 4) is 0 Å². The van der Waals surface area contributed by atoms with E-state index in [1.807, 2.05) is 20.0 Å². The van der Waals surface area contributed by atoms with E-state index in [0.717, 1.165) is 23.1 Å². The van der Waals surface area contributed by atoms with E-state index >= 15 is 0 Å². The summed E-state index contributed by atoms with van der Waals surface area (Å²) in [6.07, 6.45) is 5.67. The van der Waals surface area contributed by atoms with Crippen molar-refractivity contribution < 1.29 is 0 Å². The van der Waals surface area contributed by atoms with Crippen LogP contribution >= 0.6 is 0 Å². The molecular formula is C12H19N3. The van der Waals surface area contributed by atoms with Gasteiger partial charge in [-0.2, -0.15) is 0 Å². The number of rotatable bonds is 2. The number of aromatic nitrogens is 2. The molecule has 0 saturated heterocycles. The van der Waals surface area contributed by atoms with Crippen molar-refractivity contribution in [2.24, 2.45) is 5.92 Å². The van der Waals surface area contributed by atoms with Gasteiger partial charge in [0.1, 0.15) is 5.82 Å². The zero-order valence-corrected chi connectivity index (χ0v) is 9.75. The Morgan fingerprint density at radius 2 is 2.13 bits per heavy atom. The molecule has 2 rings (SSSR count). The Hall–Kier alpha value is -1.12. The summed E-state index contributed by atoms with van der Waals surface area (Å²) < 4.78 is 0. The summed E-state index contributed by atoms with van der Waals surface area (Å²) in [5, 5.41) is 3.51. The molecule has 0 amide bonds. The molecule has 1 N–H and O–H groups in total. The summed E-state index contributed by atoms with van der Waals surface area (Å²) in [4.78, 5) is 8.80. The lowest BCUT2D eigenvalue weighted by Crippen LogP contribution is -2.17. The van der Waals surface area contributed by atoms with Crippen molar-refractivity contribution in [3.63, 3.8) is 0 Å². The summed E-state index contributed by atoms with van der Waals surface area (Å²) in [5.74, 6) is 1.81. The van der Waals surface area contributed by atoms with Gasteiger partial charge < -0.3 is 5.32 Å². The maximum atomic E-state index is 4.49. The van der Waals surface area contributed by atoms with E-state index in [0.29, 0.717) is 6.04 Å². The second kappa shape index (κ2) is 4.17. The predicted octanol–water partition coefficient (Wildman–Crippen LogP) is 2.69. The molecule has 2 unspecified atom stereocenters. The van der Waals surface area contributed by atoms with Gasteiger partial charge in [-0.1, -0.05) is 6.92 Å². The minimum Gasteiger partial charge on any atom is -0.366 e. The second-order valence-electron chi connectivity index (χ2n) is 4.70. The first kappa shape index (κ1) is 10.4. The fraction of sp³-hybridized carbons (Fsp3) is 0.667. The van der Waals surface area contributed by atoms with Crippen molar-refractivity contribution in [1.82, 2.24) is 9.97 Å². The van der Waals surface area contributed by atoms with Crippen LogP contribution in [-0.4, -0.2) is 16.0 Å². The Morgan fingerprint density at radius 3 is 2.80 bits per heavy atom. The van der Waals surface area contributed by atoms with E-state index in [4.69, 9.17) is 0 Å². The third-order valence-corrected chi connectivity index (χ3v) is 3.11. The number of hydrogen-bond acceptors (Lipinski definition) is 3. The molecule has 0 radical (unpaired) electrons. The third-order valence-electron chi connectivity index (χ3n) is 3.11. The highest BCUT2D eigenvalue weighted by molar-refractivity contribution is 5.40. The Labute approximate surface area is 91.3 Å². The first-order chi connectivity index (χ1) is 7.15. The smallest absolute Gasteiger partial charge is 0.147 e. The number of anilines is 1. The van der Waals surface area contributed by atoms with Gasteiger partial charge in [0, 0.05) is 12.2 Å². The molecule has 0 aliphatic heterocycles. The summed E-state index contributed by atoms with van der Waals surface area (Å²) in [5.41, 5.74) is 1.98. The van der Waals surface area contributed by atoms with E-state index in [2.05, 4.69) is 22.2 Å². The molecule has 0 bridgehead atoms. The largest absolute Gasteiger partial charge is 0.366 e. The van der Waals surface area contributed by atoms with E-state index in [-0.39, 0.29) is 0 Å². The topological polar surface area (TPSA) is 37.8 Å². The van der Waals surface area contributed by atoms with Crippen molar-refractivity contribution >= 4 is 5.82 Å². The highest BCUT2D eigenvalue weighted by Crippen LogP contribution is 2.27. The first-order valence-corrected chi connectivity index (χ1v) is 5.72. The average molecular weight is 205 g/mol. The van der Waals surface area contributed by atoms with E-state index in [1.54, 1.807) is 0 Å². The van der Waals surface area contributed by atoms with Crippen LogP contribution in [0.25, 0.3) is 0 Å². The molecule has 1 fully saturated rings. The van der Waals surface area contributed by atoms with Crippen LogP contribution in [-0.2, 0) is 0 Å². The second-order valence-corrected chi connectivity index (χ2v) is 4.70. The minimum atomic E-state index is 0.592. The monoisotopic (exact) mass is 205 g/mol. The number of nitrogens with one attached hydrogen (secondary N) is 1. The van der Waals surface area contributed by atoms with Gasteiger partial charge in [0.05, 0.1) is 11.4 Å². The van der Waals surface area contributed by atoms with Gasteiger partial charge in [-0.3, -0.25) is 4.98 Å². The van der Waals surface area contributed by atoms with Crippen molar-refractivity contribution in [2.75, 3.05) is 5.32 Å². The quantitative estimate of drug-likeness (QED) is 0.806. The predicted molar refractivity (Wildman–Crippen MR) is 61.9 cm³/mol. The fourth-order valence-electron chi connectivity index (χ4n) is 2.21. The molecule has 1 heterocycles. The van der Waals surface area contributed by atoms with E-state index in [1.165, 1.54) is 19.3 Å². The van der Waals surface area contributed by atoms with Gasteiger partial charge in [-0.25, -0.2) is 4.98 Å². The normalized spacial score (nSPS) is 25.5. The van der Waals surface area contributed by atoms with Crippen LogP contribution < -0.4 is 5.32 Å². The van der Waals surface area contributed by atoms with Crippen molar-refractivity contribution in [1.29, 1.82) is 0 Å². The molecule has 1 aliphatic carbocycles. The molecule has 0 spiro atoms. The van der Waals surface area contributed by atoms with Gasteiger partial charge in [0.2, 0.25) is 0 Å². The van der Waals surface area contributed by atoms with Crippen LogP contribution in [0.5, 0.6) is 0 Å². The molecule has 1 aromatic heterocycles. The van der Waals surface area contributed by atoms with Crippen LogP contribution in [0.2, 0.25) is 0 Å². The Bertz CT molecular complexity index is 349. The Morgan fingerprint density at radius 1 is 1.33 bits per heavy atom. The summed E-state index contributed by atoms with van der Waals surface area (Å²) >= 11 is 0. The van der Waals surface area contributed by atoms with Gasteiger partial charge in [0.15, 0.2) is 0 Å². The molecule has 82 valence electrons. The van der Waals surface area contributed by atoms with Gasteiger partial charge in [0.25, 0.3) is 0 Å². The summed E-state index contributed by atoms with van der Waals surface area (Å²) in [6, 6.07) is 0.592. The van der Waals surface area contributed by atoms with Crippen molar-refractivity contribution in [3.05, 3.63) is 17.6 Å². The highest BCUT2D eigenvalue weighted by atomic mass is 15.0. The Balaban J connectivity index is 2.07. The Kier molecular flexibility index (Phi) is 2.89. The standard InChI is InChI=1S/C12H19N3/c1-8-4-5-11(6-8)15-12-10(3)13-7-9(2)14-12/h7-8,11H,4-6H2,1-3H3,(H,14,15). The van der Waals surface area contributed by atoms with E-state index in [9.17, 15) is 0 Å². The number of hydrogen-bond donors (Lipinski definition) is 1. The zero-order chi connectivity index (χ0) is 10.8. The molecule has 3 nitrogen and oxygen atoms in total. The van der Waals surface area contributed by atoms with Crippen LogP contribution in [0, 0.1) is 19.8 Å². The van der Waals surface area contributed by atoms with E-state index < -0.39 is 0 Å². The molecule has 3 heteroatoms. The lowest BCUT2D eigenvalue weighted by atomic mass is 10.1. The van der Waals surface area contributed by atoms with Gasteiger partial charge >= 0.3 is 0 Å². The van der Waals surface area contributed by atoms with Crippen LogP contribution in [0.3, 0.4) is 0 Å². The first-order valence-electron chi connectivity index (χ1n) is 5.72. The van der Waals surface area contributed by atoms with Gasteiger partial charge in [-0.05, 0) is 39.0 Å². The number of nitrogens with zero attached hydrogens (tertiary/aromatic N) is 2. The molecule has 1 saturated carbocycles. The van der Waals surface area contributed by atoms with Crippen LogP contribution in [0.1, 0.15) is 37.6 Å². The molecule has 2 atom stereocenters. The summed E-state index contributed by atoms with van der Waals surface area (Å²) in [7, 11) is 0. The molecule has 1 aliphatic rings. The summed E-state index contributed by atoms with van der Waals surface area (Å²) in [6.45, 7) is 6.30. The third kappa shape index (κ3) is 2.46. The lowest BCUT2D eigenvalue weighted by Gasteiger charge is -2.14. The maximum absolute atomic E-state index is 4.49. The van der Waals surface area contributed by atoms with Crippen molar-refractivity contribution in [2.45, 2.75) is 46.1 Å². The minimum absolute atomic E-state index is 0.592. The molecule has 0 aromatic carbocycles. The SMILES string of the molecule is Cc1cnc(C)c(NC2CCC(C)C2)n1. The zero-order valence-electron chi connectivity index (χ0n) is 9.75.